The highest BCUT2D eigenvalue weighted by molar-refractivity contribution is 6.31. The van der Waals surface area contributed by atoms with Crippen LogP contribution in [0.15, 0.2) is 49.1 Å². The van der Waals surface area contributed by atoms with E-state index in [1.807, 2.05) is 25.1 Å². The lowest BCUT2D eigenvalue weighted by Crippen LogP contribution is -2.03. The molecule has 0 aliphatic carbocycles. The zero-order chi connectivity index (χ0) is 16.2. The van der Waals surface area contributed by atoms with Crippen molar-refractivity contribution in [2.24, 2.45) is 0 Å². The predicted molar refractivity (Wildman–Crippen MR) is 90.2 cm³/mol. The van der Waals surface area contributed by atoms with E-state index < -0.39 is 0 Å². The van der Waals surface area contributed by atoms with E-state index in [2.05, 4.69) is 20.3 Å². The van der Waals surface area contributed by atoms with Crippen LogP contribution in [-0.4, -0.2) is 15.0 Å². The zero-order valence-electron chi connectivity index (χ0n) is 12.3. The maximum absolute atomic E-state index is 6.09. The van der Waals surface area contributed by atoms with Gasteiger partial charge < -0.3 is 15.8 Å². The maximum atomic E-state index is 6.09. The van der Waals surface area contributed by atoms with Crippen molar-refractivity contribution >= 4 is 28.8 Å². The summed E-state index contributed by atoms with van der Waals surface area (Å²) in [6.45, 7) is 1.90. The van der Waals surface area contributed by atoms with Crippen molar-refractivity contribution < 1.29 is 4.74 Å². The average molecular weight is 328 g/mol. The van der Waals surface area contributed by atoms with Crippen LogP contribution < -0.4 is 15.8 Å². The minimum Gasteiger partial charge on any atom is -0.437 e. The van der Waals surface area contributed by atoms with Crippen molar-refractivity contribution in [3.05, 3.63) is 59.6 Å². The van der Waals surface area contributed by atoms with E-state index in [1.165, 1.54) is 6.33 Å². The van der Waals surface area contributed by atoms with Crippen LogP contribution in [0.2, 0.25) is 5.02 Å². The monoisotopic (exact) mass is 327 g/mol. The Morgan fingerprint density at radius 3 is 2.83 bits per heavy atom. The number of aromatic nitrogens is 3. The Hall–Kier alpha value is -2.86. The van der Waals surface area contributed by atoms with Gasteiger partial charge in [-0.3, -0.25) is 4.98 Å². The van der Waals surface area contributed by atoms with Crippen LogP contribution in [0.25, 0.3) is 0 Å². The van der Waals surface area contributed by atoms with Gasteiger partial charge in [0, 0.05) is 11.2 Å². The van der Waals surface area contributed by atoms with Gasteiger partial charge in [0.2, 0.25) is 5.88 Å². The van der Waals surface area contributed by atoms with E-state index in [-0.39, 0.29) is 5.88 Å². The van der Waals surface area contributed by atoms with Crippen LogP contribution in [0, 0.1) is 6.92 Å². The summed E-state index contributed by atoms with van der Waals surface area (Å²) < 4.78 is 5.73. The molecule has 0 unspecified atom stereocenters. The van der Waals surface area contributed by atoms with Crippen molar-refractivity contribution in [2.45, 2.75) is 6.92 Å². The van der Waals surface area contributed by atoms with Gasteiger partial charge in [-0.15, -0.1) is 0 Å². The number of rotatable bonds is 4. The van der Waals surface area contributed by atoms with Gasteiger partial charge in [0.05, 0.1) is 11.9 Å². The number of nitrogens with two attached hydrogens (primary N) is 1. The molecule has 3 N–H and O–H groups in total. The molecule has 6 nitrogen and oxygen atoms in total. The first-order valence-electron chi connectivity index (χ1n) is 6.85. The summed E-state index contributed by atoms with van der Waals surface area (Å²) in [6, 6.07) is 9.01. The Labute approximate surface area is 138 Å². The van der Waals surface area contributed by atoms with E-state index in [1.54, 1.807) is 24.5 Å². The fraction of sp³-hybridized carbons (Fsp3) is 0.0625. The second kappa shape index (κ2) is 6.50. The number of pyridine rings is 1. The molecule has 3 rings (SSSR count). The first kappa shape index (κ1) is 15.1. The third kappa shape index (κ3) is 3.49. The summed E-state index contributed by atoms with van der Waals surface area (Å²) in [4.78, 5) is 12.2. The van der Waals surface area contributed by atoms with Gasteiger partial charge in [-0.25, -0.2) is 4.98 Å². The smallest absolute Gasteiger partial charge is 0.248 e. The molecular weight excluding hydrogens is 314 g/mol. The van der Waals surface area contributed by atoms with E-state index in [0.717, 1.165) is 11.3 Å². The van der Waals surface area contributed by atoms with Crippen molar-refractivity contribution in [2.75, 3.05) is 11.1 Å². The van der Waals surface area contributed by atoms with E-state index in [4.69, 9.17) is 22.1 Å². The van der Waals surface area contributed by atoms with Crippen LogP contribution >= 0.6 is 11.6 Å². The van der Waals surface area contributed by atoms with Gasteiger partial charge in [0.15, 0.2) is 5.82 Å². The van der Waals surface area contributed by atoms with E-state index >= 15 is 0 Å². The van der Waals surface area contributed by atoms with E-state index in [0.29, 0.717) is 22.3 Å². The first-order chi connectivity index (χ1) is 11.1. The number of nitrogen functional groups attached to an aromatic ring is 1. The van der Waals surface area contributed by atoms with Crippen LogP contribution in [0.3, 0.4) is 0 Å². The highest BCUT2D eigenvalue weighted by Gasteiger charge is 2.11. The zero-order valence-corrected chi connectivity index (χ0v) is 13.1. The molecule has 2 heterocycles. The largest absolute Gasteiger partial charge is 0.437 e. The number of hydrogen-bond donors (Lipinski definition) is 2. The molecule has 0 aliphatic heterocycles. The van der Waals surface area contributed by atoms with Crippen LogP contribution in [0.1, 0.15) is 5.56 Å². The molecule has 7 heteroatoms. The second-order valence-electron chi connectivity index (χ2n) is 4.82. The molecule has 0 atom stereocenters. The third-order valence-corrected chi connectivity index (χ3v) is 3.54. The summed E-state index contributed by atoms with van der Waals surface area (Å²) in [7, 11) is 0. The fourth-order valence-electron chi connectivity index (χ4n) is 1.93. The molecule has 0 saturated heterocycles. The Balaban J connectivity index is 1.86. The van der Waals surface area contributed by atoms with Crippen LogP contribution in [-0.2, 0) is 0 Å². The quantitative estimate of drug-likeness (QED) is 0.754. The molecule has 0 aliphatic rings. The summed E-state index contributed by atoms with van der Waals surface area (Å²) in [6.07, 6.45) is 4.74. The molecule has 116 valence electrons. The summed E-state index contributed by atoms with van der Waals surface area (Å²) in [5, 5.41) is 3.75. The molecule has 3 aromatic rings. The van der Waals surface area contributed by atoms with Crippen LogP contribution in [0.4, 0.5) is 17.2 Å². The number of benzene rings is 1. The molecule has 0 fully saturated rings. The number of ether oxygens (including phenoxy) is 1. The minimum absolute atomic E-state index is 0.271. The second-order valence-corrected chi connectivity index (χ2v) is 5.23. The van der Waals surface area contributed by atoms with Gasteiger partial charge in [-0.1, -0.05) is 11.6 Å². The summed E-state index contributed by atoms with van der Waals surface area (Å²) in [5.41, 5.74) is 8.07. The molecule has 0 bridgehead atoms. The minimum atomic E-state index is 0.271. The van der Waals surface area contributed by atoms with Gasteiger partial charge in [-0.2, -0.15) is 4.98 Å². The number of nitrogens with zero attached hydrogens (tertiary/aromatic N) is 3. The molecule has 0 amide bonds. The van der Waals surface area contributed by atoms with Gasteiger partial charge in [0.1, 0.15) is 17.8 Å². The highest BCUT2D eigenvalue weighted by Crippen LogP contribution is 2.32. The van der Waals surface area contributed by atoms with Gasteiger partial charge >= 0.3 is 0 Å². The van der Waals surface area contributed by atoms with Crippen molar-refractivity contribution in [1.82, 2.24) is 15.0 Å². The molecular formula is C16H14ClN5O. The van der Waals surface area contributed by atoms with Crippen molar-refractivity contribution in [3.63, 3.8) is 0 Å². The topological polar surface area (TPSA) is 86.0 Å². The van der Waals surface area contributed by atoms with Gasteiger partial charge in [-0.05, 0) is 42.8 Å². The normalized spacial score (nSPS) is 10.3. The Kier molecular flexibility index (Phi) is 4.25. The number of anilines is 3. The van der Waals surface area contributed by atoms with Crippen LogP contribution in [0.5, 0.6) is 11.6 Å². The lowest BCUT2D eigenvalue weighted by Gasteiger charge is -2.12. The highest BCUT2D eigenvalue weighted by atomic mass is 35.5. The number of halogens is 1. The molecule has 0 spiro atoms. The number of hydrogen-bond acceptors (Lipinski definition) is 6. The SMILES string of the molecule is Cc1cc(Oc2ncnc(Nc3cccnc3)c2N)ccc1Cl. The lowest BCUT2D eigenvalue weighted by molar-refractivity contribution is 0.464. The Morgan fingerprint density at radius 1 is 1.22 bits per heavy atom. The van der Waals surface area contributed by atoms with Crippen molar-refractivity contribution in [1.29, 1.82) is 0 Å². The van der Waals surface area contributed by atoms with E-state index in [9.17, 15) is 0 Å². The number of aryl methyl sites for hydroxylation is 1. The molecule has 23 heavy (non-hydrogen) atoms. The maximum Gasteiger partial charge on any atom is 0.248 e. The standard InChI is InChI=1S/C16H14ClN5O/c1-10-7-12(4-5-13(10)17)23-16-14(18)15(20-9-21-16)22-11-3-2-6-19-8-11/h2-9H,18H2,1H3,(H,20,21,22). The Bertz CT molecular complexity index is 826. The predicted octanol–water partition coefficient (Wildman–Crippen LogP) is 3.95. The molecule has 1 aromatic carbocycles. The lowest BCUT2D eigenvalue weighted by atomic mass is 10.2. The summed E-state index contributed by atoms with van der Waals surface area (Å²) in [5.74, 6) is 1.33. The number of nitrogens with one attached hydrogen (secondary N) is 1. The van der Waals surface area contributed by atoms with Gasteiger partial charge in [0.25, 0.3) is 0 Å². The molecule has 2 aromatic heterocycles. The first-order valence-corrected chi connectivity index (χ1v) is 7.23. The fourth-order valence-corrected chi connectivity index (χ4v) is 2.04. The summed E-state index contributed by atoms with van der Waals surface area (Å²) >= 11 is 6.01. The van der Waals surface area contributed by atoms with Crippen molar-refractivity contribution in [3.8, 4) is 11.6 Å². The Morgan fingerprint density at radius 2 is 2.09 bits per heavy atom. The molecule has 0 radical (unpaired) electrons. The third-order valence-electron chi connectivity index (χ3n) is 3.12. The average Bonchev–Trinajstić information content (AvgIpc) is 2.56. The molecule has 0 saturated carbocycles.